The molecule has 0 spiro atoms. The second-order valence-corrected chi connectivity index (χ2v) is 5.76. The first-order chi connectivity index (χ1) is 10.2. The summed E-state index contributed by atoms with van der Waals surface area (Å²) in [6.45, 7) is 2.08. The van der Waals surface area contributed by atoms with Crippen LogP contribution in [0.15, 0.2) is 12.1 Å². The van der Waals surface area contributed by atoms with Gasteiger partial charge in [-0.1, -0.05) is 11.6 Å². The molecule has 1 aromatic rings. The molecule has 2 aliphatic rings. The molecular weight excluding hydrogens is 292 g/mol. The highest BCUT2D eigenvalue weighted by molar-refractivity contribution is 6.34. The van der Waals surface area contributed by atoms with Crippen molar-refractivity contribution in [1.29, 1.82) is 0 Å². The predicted octanol–water partition coefficient (Wildman–Crippen LogP) is 2.58. The largest absolute Gasteiger partial charge is 0.486 e. The summed E-state index contributed by atoms with van der Waals surface area (Å²) < 4.78 is 10.9. The standard InChI is InChI=1S/C15H19ClN2O3/c16-11-8-13-14(21-7-6-20-13)9-12(11)18-15(19)4-3-10-2-1-5-17-10/h8-10,17H,1-7H2,(H,18,19). The van der Waals surface area contributed by atoms with Gasteiger partial charge in [0, 0.05) is 24.6 Å². The Morgan fingerprint density at radius 1 is 1.33 bits per heavy atom. The SMILES string of the molecule is O=C(CCC1CCCN1)Nc1cc2c(cc1Cl)OCCO2. The first kappa shape index (κ1) is 14.5. The third kappa shape index (κ3) is 3.60. The highest BCUT2D eigenvalue weighted by atomic mass is 35.5. The molecule has 1 amide bonds. The lowest BCUT2D eigenvalue weighted by Gasteiger charge is -2.20. The van der Waals surface area contributed by atoms with Crippen LogP contribution in [-0.4, -0.2) is 31.7 Å². The van der Waals surface area contributed by atoms with Crippen LogP contribution in [-0.2, 0) is 4.79 Å². The Kier molecular flexibility index (Phi) is 4.51. The number of nitrogens with one attached hydrogen (secondary N) is 2. The Labute approximate surface area is 128 Å². The van der Waals surface area contributed by atoms with Crippen molar-refractivity contribution in [3.8, 4) is 11.5 Å². The summed E-state index contributed by atoms with van der Waals surface area (Å²) in [6, 6.07) is 3.87. The van der Waals surface area contributed by atoms with Crippen molar-refractivity contribution < 1.29 is 14.3 Å². The number of halogens is 1. The number of amides is 1. The van der Waals surface area contributed by atoms with Crippen molar-refractivity contribution in [1.82, 2.24) is 5.32 Å². The fourth-order valence-electron chi connectivity index (χ4n) is 2.68. The molecule has 6 heteroatoms. The average Bonchev–Trinajstić information content (AvgIpc) is 2.99. The maximum atomic E-state index is 12.0. The van der Waals surface area contributed by atoms with Crippen molar-refractivity contribution >= 4 is 23.2 Å². The van der Waals surface area contributed by atoms with Gasteiger partial charge in [0.2, 0.25) is 5.91 Å². The first-order valence-corrected chi connectivity index (χ1v) is 7.72. The lowest BCUT2D eigenvalue weighted by atomic mass is 10.1. The van der Waals surface area contributed by atoms with Crippen LogP contribution in [0.4, 0.5) is 5.69 Å². The van der Waals surface area contributed by atoms with E-state index in [0.717, 1.165) is 19.4 Å². The van der Waals surface area contributed by atoms with Crippen molar-refractivity contribution in [2.45, 2.75) is 31.7 Å². The molecule has 1 fully saturated rings. The molecule has 0 saturated carbocycles. The number of carbonyl (C=O) groups excluding carboxylic acids is 1. The van der Waals surface area contributed by atoms with Gasteiger partial charge in [-0.3, -0.25) is 4.79 Å². The number of fused-ring (bicyclic) bond motifs is 1. The van der Waals surface area contributed by atoms with Gasteiger partial charge >= 0.3 is 0 Å². The van der Waals surface area contributed by atoms with Crippen LogP contribution in [0.5, 0.6) is 11.5 Å². The Morgan fingerprint density at radius 2 is 2.10 bits per heavy atom. The minimum absolute atomic E-state index is 0.0257. The topological polar surface area (TPSA) is 59.6 Å². The summed E-state index contributed by atoms with van der Waals surface area (Å²) in [5, 5.41) is 6.70. The Hall–Kier alpha value is -1.46. The molecule has 2 N–H and O–H groups in total. The van der Waals surface area contributed by atoms with Crippen LogP contribution in [0.25, 0.3) is 0 Å². The third-order valence-electron chi connectivity index (χ3n) is 3.79. The summed E-state index contributed by atoms with van der Waals surface area (Å²) in [7, 11) is 0. The molecule has 0 aromatic heterocycles. The molecule has 1 aromatic carbocycles. The Balaban J connectivity index is 1.59. The Morgan fingerprint density at radius 3 is 2.81 bits per heavy atom. The molecule has 5 nitrogen and oxygen atoms in total. The fraction of sp³-hybridized carbons (Fsp3) is 0.533. The predicted molar refractivity (Wildman–Crippen MR) is 81.3 cm³/mol. The van der Waals surface area contributed by atoms with E-state index in [-0.39, 0.29) is 5.91 Å². The van der Waals surface area contributed by atoms with Crippen molar-refractivity contribution in [2.24, 2.45) is 0 Å². The van der Waals surface area contributed by atoms with E-state index in [1.165, 1.54) is 6.42 Å². The van der Waals surface area contributed by atoms with Crippen LogP contribution < -0.4 is 20.1 Å². The summed E-state index contributed by atoms with van der Waals surface area (Å²) in [5.74, 6) is 1.22. The van der Waals surface area contributed by atoms with E-state index in [4.69, 9.17) is 21.1 Å². The van der Waals surface area contributed by atoms with Crippen LogP contribution in [0, 0.1) is 0 Å². The minimum atomic E-state index is -0.0257. The van der Waals surface area contributed by atoms with Crippen LogP contribution in [0.2, 0.25) is 5.02 Å². The van der Waals surface area contributed by atoms with E-state index in [9.17, 15) is 4.79 Å². The van der Waals surface area contributed by atoms with Crippen molar-refractivity contribution in [3.05, 3.63) is 17.2 Å². The van der Waals surface area contributed by atoms with E-state index in [1.54, 1.807) is 12.1 Å². The number of rotatable bonds is 4. The van der Waals surface area contributed by atoms with E-state index in [2.05, 4.69) is 10.6 Å². The quantitative estimate of drug-likeness (QED) is 0.897. The molecule has 2 aliphatic heterocycles. The normalized spacial score (nSPS) is 20.3. The van der Waals surface area contributed by atoms with Gasteiger partial charge in [0.25, 0.3) is 0 Å². The molecule has 3 rings (SSSR count). The first-order valence-electron chi connectivity index (χ1n) is 7.35. The van der Waals surface area contributed by atoms with Gasteiger partial charge in [-0.15, -0.1) is 0 Å². The van der Waals surface area contributed by atoms with Gasteiger partial charge in [0.05, 0.1) is 10.7 Å². The van der Waals surface area contributed by atoms with Gasteiger partial charge < -0.3 is 20.1 Å². The van der Waals surface area contributed by atoms with Crippen LogP contribution in [0.3, 0.4) is 0 Å². The van der Waals surface area contributed by atoms with E-state index in [1.807, 2.05) is 0 Å². The molecule has 1 saturated heterocycles. The smallest absolute Gasteiger partial charge is 0.224 e. The molecule has 21 heavy (non-hydrogen) atoms. The van der Waals surface area contributed by atoms with E-state index < -0.39 is 0 Å². The van der Waals surface area contributed by atoms with E-state index >= 15 is 0 Å². The second-order valence-electron chi connectivity index (χ2n) is 5.36. The second kappa shape index (κ2) is 6.54. The van der Waals surface area contributed by atoms with Crippen LogP contribution >= 0.6 is 11.6 Å². The number of benzene rings is 1. The number of hydrogen-bond donors (Lipinski definition) is 2. The maximum absolute atomic E-state index is 12.0. The Bertz CT molecular complexity index is 530. The lowest BCUT2D eigenvalue weighted by Crippen LogP contribution is -2.23. The van der Waals surface area contributed by atoms with Gasteiger partial charge in [0.15, 0.2) is 11.5 Å². The molecule has 1 unspecified atom stereocenters. The van der Waals surface area contributed by atoms with Crippen molar-refractivity contribution in [2.75, 3.05) is 25.1 Å². The molecule has 0 bridgehead atoms. The average molecular weight is 311 g/mol. The van der Waals surface area contributed by atoms with Gasteiger partial charge in [0.1, 0.15) is 13.2 Å². The summed E-state index contributed by atoms with van der Waals surface area (Å²) in [5.41, 5.74) is 0.574. The zero-order valence-corrected chi connectivity index (χ0v) is 12.5. The third-order valence-corrected chi connectivity index (χ3v) is 4.10. The number of anilines is 1. The highest BCUT2D eigenvalue weighted by Gasteiger charge is 2.18. The molecule has 0 aliphatic carbocycles. The summed E-state index contributed by atoms with van der Waals surface area (Å²) in [4.78, 5) is 12.0. The monoisotopic (exact) mass is 310 g/mol. The van der Waals surface area contributed by atoms with Gasteiger partial charge in [-0.25, -0.2) is 0 Å². The van der Waals surface area contributed by atoms with Gasteiger partial charge in [-0.05, 0) is 25.8 Å². The summed E-state index contributed by atoms with van der Waals surface area (Å²) >= 11 is 6.17. The van der Waals surface area contributed by atoms with Crippen LogP contribution in [0.1, 0.15) is 25.7 Å². The fourth-order valence-corrected chi connectivity index (χ4v) is 2.88. The molecule has 1 atom stereocenters. The molecule has 114 valence electrons. The minimum Gasteiger partial charge on any atom is -0.486 e. The highest BCUT2D eigenvalue weighted by Crippen LogP contribution is 2.38. The van der Waals surface area contributed by atoms with E-state index in [0.29, 0.717) is 47.9 Å². The van der Waals surface area contributed by atoms with Crippen molar-refractivity contribution in [3.63, 3.8) is 0 Å². The number of ether oxygens (including phenoxy) is 2. The molecule has 0 radical (unpaired) electrons. The zero-order chi connectivity index (χ0) is 14.7. The number of carbonyl (C=O) groups is 1. The van der Waals surface area contributed by atoms with Gasteiger partial charge in [-0.2, -0.15) is 0 Å². The molecular formula is C15H19ClN2O3. The summed E-state index contributed by atoms with van der Waals surface area (Å²) in [6.07, 6.45) is 3.69. The maximum Gasteiger partial charge on any atom is 0.224 e. The lowest BCUT2D eigenvalue weighted by molar-refractivity contribution is -0.116. The molecule has 2 heterocycles. The number of hydrogen-bond acceptors (Lipinski definition) is 4. The zero-order valence-electron chi connectivity index (χ0n) is 11.8.